The maximum atomic E-state index is 6.04. The number of aryl methyl sites for hydroxylation is 1. The van der Waals surface area contributed by atoms with Crippen molar-refractivity contribution < 1.29 is 0 Å². The summed E-state index contributed by atoms with van der Waals surface area (Å²) in [6, 6.07) is 0. The van der Waals surface area contributed by atoms with Crippen LogP contribution in [0.5, 0.6) is 0 Å². The Balaban J connectivity index is 3.10. The van der Waals surface area contributed by atoms with Crippen LogP contribution >= 0.6 is 11.6 Å². The van der Waals surface area contributed by atoms with Crippen LogP contribution in [0.3, 0.4) is 0 Å². The van der Waals surface area contributed by atoms with Gasteiger partial charge < -0.3 is 4.90 Å². The maximum Gasteiger partial charge on any atom is 0.137 e. The van der Waals surface area contributed by atoms with Crippen molar-refractivity contribution in [2.75, 3.05) is 18.0 Å². The van der Waals surface area contributed by atoms with Gasteiger partial charge >= 0.3 is 0 Å². The lowest BCUT2D eigenvalue weighted by Gasteiger charge is -2.23. The van der Waals surface area contributed by atoms with E-state index in [2.05, 4.69) is 28.7 Å². The maximum absolute atomic E-state index is 6.04. The highest BCUT2D eigenvalue weighted by Crippen LogP contribution is 2.23. The molecule has 0 saturated carbocycles. The molecule has 0 saturated heterocycles. The van der Waals surface area contributed by atoms with Crippen molar-refractivity contribution in [3.8, 4) is 0 Å². The van der Waals surface area contributed by atoms with E-state index in [1.54, 1.807) is 0 Å². The number of nitrogens with zero attached hydrogens (tertiary/aromatic N) is 3. The van der Waals surface area contributed by atoms with Gasteiger partial charge in [-0.05, 0) is 27.2 Å². The monoisotopic (exact) mass is 227 g/mol. The Hall–Kier alpha value is -0.830. The van der Waals surface area contributed by atoms with Crippen LogP contribution < -0.4 is 4.90 Å². The van der Waals surface area contributed by atoms with E-state index < -0.39 is 0 Å². The molecule has 0 aromatic carbocycles. The van der Waals surface area contributed by atoms with Crippen LogP contribution in [-0.2, 0) is 0 Å². The zero-order chi connectivity index (χ0) is 11.4. The van der Waals surface area contributed by atoms with E-state index in [4.69, 9.17) is 11.6 Å². The molecular formula is C11H18ClN3. The van der Waals surface area contributed by atoms with Gasteiger partial charge in [-0.15, -0.1) is 0 Å². The van der Waals surface area contributed by atoms with Gasteiger partial charge in [0.25, 0.3) is 0 Å². The normalized spacial score (nSPS) is 10.5. The first-order chi connectivity index (χ1) is 7.10. The molecule has 0 radical (unpaired) electrons. The van der Waals surface area contributed by atoms with Gasteiger partial charge in [-0.25, -0.2) is 9.97 Å². The molecule has 0 amide bonds. The summed E-state index contributed by atoms with van der Waals surface area (Å²) in [7, 11) is 0. The van der Waals surface area contributed by atoms with Crippen LogP contribution in [0.4, 0.5) is 5.82 Å². The number of anilines is 1. The second-order valence-corrected chi connectivity index (χ2v) is 3.95. The molecule has 0 spiro atoms. The minimum absolute atomic E-state index is 0.562. The number of rotatable bonds is 4. The molecule has 15 heavy (non-hydrogen) atoms. The Kier molecular flexibility index (Phi) is 4.33. The molecule has 0 unspecified atom stereocenters. The van der Waals surface area contributed by atoms with Crippen molar-refractivity contribution >= 4 is 17.4 Å². The van der Waals surface area contributed by atoms with E-state index in [1.807, 2.05) is 13.8 Å². The molecule has 0 aliphatic carbocycles. The van der Waals surface area contributed by atoms with Gasteiger partial charge in [0.2, 0.25) is 0 Å². The van der Waals surface area contributed by atoms with Gasteiger partial charge in [0.15, 0.2) is 0 Å². The summed E-state index contributed by atoms with van der Waals surface area (Å²) in [5.74, 6) is 1.70. The van der Waals surface area contributed by atoms with Gasteiger partial charge in [-0.2, -0.15) is 0 Å². The van der Waals surface area contributed by atoms with Gasteiger partial charge in [-0.3, -0.25) is 0 Å². The summed E-state index contributed by atoms with van der Waals surface area (Å²) >= 11 is 6.04. The average molecular weight is 228 g/mol. The largest absolute Gasteiger partial charge is 0.357 e. The van der Waals surface area contributed by atoms with Gasteiger partial charge in [0.05, 0.1) is 0 Å². The molecule has 84 valence electrons. The third-order valence-corrected chi connectivity index (χ3v) is 2.72. The standard InChI is InChI=1S/C11H18ClN3/c1-5-7-15(6-2)11-8(3)10(12)13-9(4)14-11/h5-7H2,1-4H3. The Labute approximate surface area is 96.5 Å². The molecule has 4 heteroatoms. The zero-order valence-corrected chi connectivity index (χ0v) is 10.6. The lowest BCUT2D eigenvalue weighted by Crippen LogP contribution is -2.26. The van der Waals surface area contributed by atoms with E-state index in [0.29, 0.717) is 5.15 Å². The third-order valence-electron chi connectivity index (χ3n) is 2.35. The SMILES string of the molecule is CCCN(CC)c1nc(C)nc(Cl)c1C. The molecule has 1 aromatic rings. The summed E-state index contributed by atoms with van der Waals surface area (Å²) in [5, 5.41) is 0.562. The van der Waals surface area contributed by atoms with Crippen molar-refractivity contribution in [1.82, 2.24) is 9.97 Å². The number of aromatic nitrogens is 2. The van der Waals surface area contributed by atoms with E-state index in [9.17, 15) is 0 Å². The lowest BCUT2D eigenvalue weighted by molar-refractivity contribution is 0.768. The predicted molar refractivity (Wildman–Crippen MR) is 64.7 cm³/mol. The zero-order valence-electron chi connectivity index (χ0n) is 9.84. The summed E-state index contributed by atoms with van der Waals surface area (Å²) in [6.45, 7) is 10.1. The van der Waals surface area contributed by atoms with Crippen molar-refractivity contribution in [3.63, 3.8) is 0 Å². The van der Waals surface area contributed by atoms with E-state index in [-0.39, 0.29) is 0 Å². The summed E-state index contributed by atoms with van der Waals surface area (Å²) < 4.78 is 0. The van der Waals surface area contributed by atoms with Crippen LogP contribution in [0.1, 0.15) is 31.7 Å². The van der Waals surface area contributed by atoms with Gasteiger partial charge in [-0.1, -0.05) is 18.5 Å². The van der Waals surface area contributed by atoms with Crippen molar-refractivity contribution in [2.24, 2.45) is 0 Å². The first-order valence-corrected chi connectivity index (χ1v) is 5.73. The molecular weight excluding hydrogens is 210 g/mol. The first-order valence-electron chi connectivity index (χ1n) is 5.35. The molecule has 0 bridgehead atoms. The lowest BCUT2D eigenvalue weighted by atomic mass is 10.3. The number of halogens is 1. The highest BCUT2D eigenvalue weighted by atomic mass is 35.5. The van der Waals surface area contributed by atoms with Crippen molar-refractivity contribution in [1.29, 1.82) is 0 Å². The van der Waals surface area contributed by atoms with Crippen LogP contribution in [0.2, 0.25) is 5.15 Å². The number of hydrogen-bond donors (Lipinski definition) is 0. The molecule has 0 aliphatic rings. The second-order valence-electron chi connectivity index (χ2n) is 3.59. The summed E-state index contributed by atoms with van der Waals surface area (Å²) in [4.78, 5) is 10.8. The van der Waals surface area contributed by atoms with Crippen LogP contribution in [-0.4, -0.2) is 23.1 Å². The molecule has 1 aromatic heterocycles. The van der Waals surface area contributed by atoms with Crippen molar-refractivity contribution in [2.45, 2.75) is 34.1 Å². The molecule has 0 N–H and O–H groups in total. The molecule has 0 fully saturated rings. The average Bonchev–Trinajstić information content (AvgIpc) is 2.20. The Bertz CT molecular complexity index is 339. The minimum atomic E-state index is 0.562. The predicted octanol–water partition coefficient (Wildman–Crippen LogP) is 2.98. The van der Waals surface area contributed by atoms with Gasteiger partial charge in [0, 0.05) is 18.7 Å². The Morgan fingerprint density at radius 3 is 2.40 bits per heavy atom. The molecule has 3 nitrogen and oxygen atoms in total. The fourth-order valence-corrected chi connectivity index (χ4v) is 1.78. The summed E-state index contributed by atoms with van der Waals surface area (Å²) in [5.41, 5.74) is 0.970. The molecule has 1 heterocycles. The second kappa shape index (κ2) is 5.31. The summed E-state index contributed by atoms with van der Waals surface area (Å²) in [6.07, 6.45) is 1.11. The van der Waals surface area contributed by atoms with E-state index in [0.717, 1.165) is 36.7 Å². The van der Waals surface area contributed by atoms with Crippen LogP contribution in [0.15, 0.2) is 0 Å². The molecule has 1 rings (SSSR count). The fourth-order valence-electron chi connectivity index (χ4n) is 1.57. The Morgan fingerprint density at radius 1 is 1.20 bits per heavy atom. The quantitative estimate of drug-likeness (QED) is 0.741. The minimum Gasteiger partial charge on any atom is -0.357 e. The Morgan fingerprint density at radius 2 is 1.87 bits per heavy atom. The molecule has 0 aliphatic heterocycles. The van der Waals surface area contributed by atoms with E-state index in [1.165, 1.54) is 0 Å². The highest BCUT2D eigenvalue weighted by molar-refractivity contribution is 6.30. The molecule has 0 atom stereocenters. The van der Waals surface area contributed by atoms with Crippen molar-refractivity contribution in [3.05, 3.63) is 16.5 Å². The number of hydrogen-bond acceptors (Lipinski definition) is 3. The van der Waals surface area contributed by atoms with Crippen LogP contribution in [0, 0.1) is 13.8 Å². The third kappa shape index (κ3) is 2.81. The van der Waals surface area contributed by atoms with Gasteiger partial charge in [0.1, 0.15) is 16.8 Å². The fraction of sp³-hybridized carbons (Fsp3) is 0.636. The topological polar surface area (TPSA) is 29.0 Å². The first kappa shape index (κ1) is 12.2. The smallest absolute Gasteiger partial charge is 0.137 e. The van der Waals surface area contributed by atoms with E-state index >= 15 is 0 Å². The highest BCUT2D eigenvalue weighted by Gasteiger charge is 2.12. The van der Waals surface area contributed by atoms with Crippen LogP contribution in [0.25, 0.3) is 0 Å².